The van der Waals surface area contributed by atoms with Gasteiger partial charge in [0.05, 0.1) is 12.7 Å². The second-order valence-electron chi connectivity index (χ2n) is 2.36. The molecule has 0 bridgehead atoms. The Morgan fingerprint density at radius 1 is 1.40 bits per heavy atom. The molecule has 0 amide bonds. The van der Waals surface area contributed by atoms with Gasteiger partial charge in [-0.25, -0.2) is 0 Å². The Morgan fingerprint density at radius 2 is 2.20 bits per heavy atom. The first kappa shape index (κ1) is 7.51. The van der Waals surface area contributed by atoms with Crippen molar-refractivity contribution in [2.75, 3.05) is 13.2 Å². The Labute approximate surface area is 61.6 Å². The largest absolute Gasteiger partial charge is 0.371 e. The molecular weight excluding hydrogens is 126 g/mol. The van der Waals surface area contributed by atoms with Crippen LogP contribution in [0.25, 0.3) is 0 Å². The molecule has 1 fully saturated rings. The van der Waals surface area contributed by atoms with Gasteiger partial charge in [-0.1, -0.05) is 12.2 Å². The molecule has 1 rings (SSSR count). The minimum Gasteiger partial charge on any atom is -0.371 e. The van der Waals surface area contributed by atoms with Gasteiger partial charge in [0.2, 0.25) is 0 Å². The lowest BCUT2D eigenvalue weighted by molar-refractivity contribution is 0.0431. The van der Waals surface area contributed by atoms with Crippen LogP contribution in [-0.4, -0.2) is 25.3 Å². The quantitative estimate of drug-likeness (QED) is 0.569. The molecule has 1 aliphatic rings. The van der Waals surface area contributed by atoms with Gasteiger partial charge in [-0.05, 0) is 0 Å². The van der Waals surface area contributed by atoms with E-state index in [1.54, 1.807) is 0 Å². The molecule has 0 saturated carbocycles. The summed E-state index contributed by atoms with van der Waals surface area (Å²) in [6, 6.07) is 0.316. The van der Waals surface area contributed by atoms with Crippen LogP contribution in [0, 0.1) is 0 Å². The van der Waals surface area contributed by atoms with Crippen molar-refractivity contribution in [3.05, 3.63) is 25.3 Å². The van der Waals surface area contributed by atoms with Crippen molar-refractivity contribution in [1.82, 2.24) is 5.32 Å². The lowest BCUT2D eigenvalue weighted by Gasteiger charge is -2.26. The predicted octanol–water partition coefficient (Wildman–Crippen LogP) is 0.715. The Bertz CT molecular complexity index is 109. The monoisotopic (exact) mass is 139 g/mol. The van der Waals surface area contributed by atoms with Gasteiger partial charge in [0, 0.05) is 12.6 Å². The van der Waals surface area contributed by atoms with E-state index in [2.05, 4.69) is 18.5 Å². The molecule has 0 aromatic carbocycles. The first-order valence-electron chi connectivity index (χ1n) is 3.47. The minimum absolute atomic E-state index is 0.177. The zero-order valence-corrected chi connectivity index (χ0v) is 6.05. The van der Waals surface area contributed by atoms with Crippen LogP contribution in [0.5, 0.6) is 0 Å². The van der Waals surface area contributed by atoms with E-state index < -0.39 is 0 Å². The fourth-order valence-corrected chi connectivity index (χ4v) is 0.915. The highest BCUT2D eigenvalue weighted by atomic mass is 16.5. The highest BCUT2D eigenvalue weighted by Crippen LogP contribution is 2.01. The predicted molar refractivity (Wildman–Crippen MR) is 41.9 cm³/mol. The summed E-state index contributed by atoms with van der Waals surface area (Å²) in [6.07, 6.45) is 3.85. The van der Waals surface area contributed by atoms with Crippen LogP contribution in [0.15, 0.2) is 25.3 Å². The van der Waals surface area contributed by atoms with E-state index in [-0.39, 0.29) is 6.10 Å². The number of hydrogen-bond donors (Lipinski definition) is 1. The molecular formula is C8H13NO. The highest BCUT2D eigenvalue weighted by Gasteiger charge is 2.15. The molecule has 0 aliphatic carbocycles. The molecule has 0 radical (unpaired) electrons. The number of morpholine rings is 1. The fourth-order valence-electron chi connectivity index (χ4n) is 0.915. The van der Waals surface area contributed by atoms with Gasteiger partial charge in [0.25, 0.3) is 0 Å². The van der Waals surface area contributed by atoms with Crippen LogP contribution in [0.2, 0.25) is 0 Å². The average Bonchev–Trinajstić information content (AvgIpc) is 2.05. The summed E-state index contributed by atoms with van der Waals surface area (Å²) in [4.78, 5) is 0. The lowest BCUT2D eigenvalue weighted by Crippen LogP contribution is -2.44. The fraction of sp³-hybridized carbons (Fsp3) is 0.500. The van der Waals surface area contributed by atoms with Crippen LogP contribution in [-0.2, 0) is 4.74 Å². The van der Waals surface area contributed by atoms with E-state index in [4.69, 9.17) is 4.74 Å². The molecule has 0 aromatic heterocycles. The molecule has 2 nitrogen and oxygen atoms in total. The van der Waals surface area contributed by atoms with Gasteiger partial charge < -0.3 is 10.1 Å². The Morgan fingerprint density at radius 3 is 2.60 bits per heavy atom. The zero-order valence-electron chi connectivity index (χ0n) is 6.05. The second-order valence-corrected chi connectivity index (χ2v) is 2.36. The van der Waals surface area contributed by atoms with Crippen molar-refractivity contribution in [3.8, 4) is 0 Å². The molecule has 2 unspecified atom stereocenters. The van der Waals surface area contributed by atoms with Crippen molar-refractivity contribution < 1.29 is 4.74 Å². The van der Waals surface area contributed by atoms with Crippen molar-refractivity contribution in [1.29, 1.82) is 0 Å². The molecule has 1 saturated heterocycles. The van der Waals surface area contributed by atoms with Gasteiger partial charge in [0.15, 0.2) is 0 Å². The summed E-state index contributed by atoms with van der Waals surface area (Å²) in [5.41, 5.74) is 0. The van der Waals surface area contributed by atoms with Crippen LogP contribution in [0.1, 0.15) is 0 Å². The van der Waals surface area contributed by atoms with Crippen molar-refractivity contribution >= 4 is 0 Å². The Hall–Kier alpha value is -0.600. The zero-order chi connectivity index (χ0) is 7.40. The normalized spacial score (nSPS) is 33.2. The third kappa shape index (κ3) is 1.69. The Balaban J connectivity index is 2.30. The number of hydrogen-bond acceptors (Lipinski definition) is 2. The Kier molecular flexibility index (Phi) is 2.66. The first-order valence-corrected chi connectivity index (χ1v) is 3.47. The van der Waals surface area contributed by atoms with Gasteiger partial charge in [-0.15, -0.1) is 13.2 Å². The van der Waals surface area contributed by atoms with Crippen molar-refractivity contribution in [2.45, 2.75) is 12.1 Å². The maximum Gasteiger partial charge on any atom is 0.0878 e. The summed E-state index contributed by atoms with van der Waals surface area (Å²) < 4.78 is 5.38. The smallest absolute Gasteiger partial charge is 0.0878 e. The second kappa shape index (κ2) is 3.54. The molecule has 2 atom stereocenters. The number of ether oxygens (including phenoxy) is 1. The molecule has 0 aromatic rings. The summed E-state index contributed by atoms with van der Waals surface area (Å²) in [5, 5.41) is 3.26. The molecule has 1 aliphatic heterocycles. The highest BCUT2D eigenvalue weighted by molar-refractivity contribution is 4.93. The van der Waals surface area contributed by atoms with E-state index in [1.165, 1.54) is 0 Å². The summed E-state index contributed by atoms with van der Waals surface area (Å²) in [7, 11) is 0. The molecule has 56 valence electrons. The van der Waals surface area contributed by atoms with Gasteiger partial charge >= 0.3 is 0 Å². The molecule has 2 heteroatoms. The molecule has 1 N–H and O–H groups in total. The minimum atomic E-state index is 0.177. The van der Waals surface area contributed by atoms with Gasteiger partial charge in [-0.2, -0.15) is 0 Å². The maximum absolute atomic E-state index is 5.38. The van der Waals surface area contributed by atoms with E-state index in [1.807, 2.05) is 12.2 Å². The summed E-state index contributed by atoms with van der Waals surface area (Å²) in [5.74, 6) is 0. The molecule has 10 heavy (non-hydrogen) atoms. The first-order chi connectivity index (χ1) is 4.86. The number of nitrogens with one attached hydrogen (secondary N) is 1. The summed E-state index contributed by atoms with van der Waals surface area (Å²) >= 11 is 0. The number of rotatable bonds is 2. The van der Waals surface area contributed by atoms with Crippen LogP contribution in [0.3, 0.4) is 0 Å². The maximum atomic E-state index is 5.38. The molecule has 0 spiro atoms. The van der Waals surface area contributed by atoms with Gasteiger partial charge in [-0.3, -0.25) is 0 Å². The average molecular weight is 139 g/mol. The molecule has 1 heterocycles. The third-order valence-corrected chi connectivity index (χ3v) is 1.62. The topological polar surface area (TPSA) is 21.3 Å². The standard InChI is InChI=1S/C8H13NO/c1-3-7-6-10-8(4-2)5-9-7/h3-4,7-9H,1-2,5-6H2. The van der Waals surface area contributed by atoms with Crippen molar-refractivity contribution in [2.24, 2.45) is 0 Å². The van der Waals surface area contributed by atoms with E-state index >= 15 is 0 Å². The third-order valence-electron chi connectivity index (χ3n) is 1.62. The summed E-state index contributed by atoms with van der Waals surface area (Å²) in [6.45, 7) is 8.87. The van der Waals surface area contributed by atoms with E-state index in [9.17, 15) is 0 Å². The van der Waals surface area contributed by atoms with Crippen LogP contribution >= 0.6 is 0 Å². The van der Waals surface area contributed by atoms with Crippen LogP contribution in [0.4, 0.5) is 0 Å². The lowest BCUT2D eigenvalue weighted by atomic mass is 10.2. The van der Waals surface area contributed by atoms with E-state index in [0.29, 0.717) is 12.6 Å². The van der Waals surface area contributed by atoms with Gasteiger partial charge in [0.1, 0.15) is 0 Å². The SMILES string of the molecule is C=CC1COC(C=C)CN1. The van der Waals surface area contributed by atoms with E-state index in [0.717, 1.165) is 6.54 Å². The van der Waals surface area contributed by atoms with Crippen molar-refractivity contribution in [3.63, 3.8) is 0 Å². The van der Waals surface area contributed by atoms with Crippen LogP contribution < -0.4 is 5.32 Å².